The molecular weight excluding hydrogens is 192 g/mol. The predicted molar refractivity (Wildman–Crippen MR) is 41.2 cm³/mol. The first-order chi connectivity index (χ1) is 3.27. The summed E-state index contributed by atoms with van der Waals surface area (Å²) in [5.74, 6) is 0.850. The zero-order valence-corrected chi connectivity index (χ0v) is 7.04. The molecule has 0 rings (SSSR count). The van der Waals surface area contributed by atoms with Crippen LogP contribution in [-0.4, -0.2) is 11.8 Å². The van der Waals surface area contributed by atoms with Gasteiger partial charge in [0.2, 0.25) is 0 Å². The Kier molecular flexibility index (Phi) is 9.74. The summed E-state index contributed by atoms with van der Waals surface area (Å²) >= 11 is 1.29. The second kappa shape index (κ2) is 7.10. The van der Waals surface area contributed by atoms with Gasteiger partial charge in [-0.15, -0.1) is 17.0 Å². The minimum Gasteiger partial charge on any atom is -0.351 e. The Morgan fingerprint density at radius 3 is 2.50 bits per heavy atom. The fourth-order valence-corrected chi connectivity index (χ4v) is 0.430. The van der Waals surface area contributed by atoms with Gasteiger partial charge in [-0.2, -0.15) is 0 Å². The highest BCUT2D eigenvalue weighted by atomic mass is 79.9. The van der Waals surface area contributed by atoms with Gasteiger partial charge in [-0.05, 0) is 11.9 Å². The van der Waals surface area contributed by atoms with Crippen molar-refractivity contribution in [2.75, 3.05) is 5.75 Å². The van der Waals surface area contributed by atoms with Crippen LogP contribution in [0.2, 0.25) is 0 Å². The number of hydrogen-bond donors (Lipinski definition) is 2. The SMILES string of the molecule is Br.CCSNC(N)=O. The van der Waals surface area contributed by atoms with E-state index in [4.69, 9.17) is 5.73 Å². The van der Waals surface area contributed by atoms with Crippen molar-refractivity contribution in [3.63, 3.8) is 0 Å². The maximum atomic E-state index is 9.85. The van der Waals surface area contributed by atoms with E-state index in [0.717, 1.165) is 5.75 Å². The van der Waals surface area contributed by atoms with Crippen LogP contribution in [0.5, 0.6) is 0 Å². The molecule has 0 aromatic heterocycles. The van der Waals surface area contributed by atoms with Crippen molar-refractivity contribution in [2.45, 2.75) is 6.92 Å². The lowest BCUT2D eigenvalue weighted by molar-refractivity contribution is 0.254. The van der Waals surface area contributed by atoms with Crippen LogP contribution in [0.15, 0.2) is 0 Å². The third-order valence-electron chi connectivity index (χ3n) is 0.317. The molecule has 3 N–H and O–H groups in total. The molecule has 5 heteroatoms. The monoisotopic (exact) mass is 200 g/mol. The molecule has 0 aromatic carbocycles. The van der Waals surface area contributed by atoms with Gasteiger partial charge in [-0.1, -0.05) is 6.92 Å². The Balaban J connectivity index is 0. The summed E-state index contributed by atoms with van der Waals surface area (Å²) in [6, 6.07) is -0.480. The van der Waals surface area contributed by atoms with Crippen LogP contribution in [0.3, 0.4) is 0 Å². The summed E-state index contributed by atoms with van der Waals surface area (Å²) in [6.45, 7) is 1.93. The Bertz CT molecular complexity index is 70.3. The standard InChI is InChI=1S/C3H8N2OS.BrH/c1-2-7-5-3(4)6;/h2H2,1H3,(H3,4,5,6);1H. The van der Waals surface area contributed by atoms with Crippen molar-refractivity contribution in [1.29, 1.82) is 0 Å². The minimum absolute atomic E-state index is 0. The van der Waals surface area contributed by atoms with Gasteiger partial charge in [0.15, 0.2) is 0 Å². The van der Waals surface area contributed by atoms with Crippen molar-refractivity contribution in [1.82, 2.24) is 4.72 Å². The van der Waals surface area contributed by atoms with E-state index in [1.165, 1.54) is 11.9 Å². The maximum absolute atomic E-state index is 9.85. The van der Waals surface area contributed by atoms with Gasteiger partial charge in [0.1, 0.15) is 0 Å². The van der Waals surface area contributed by atoms with E-state index in [1.807, 2.05) is 6.92 Å². The molecule has 0 spiro atoms. The molecule has 0 saturated carbocycles. The first kappa shape index (κ1) is 11.0. The third kappa shape index (κ3) is 9.44. The molecule has 50 valence electrons. The van der Waals surface area contributed by atoms with Gasteiger partial charge in [-0.3, -0.25) is 4.72 Å². The van der Waals surface area contributed by atoms with Crippen LogP contribution in [0, 0.1) is 0 Å². The molecule has 0 atom stereocenters. The number of nitrogens with one attached hydrogen (secondary N) is 1. The number of primary amides is 1. The second-order valence-electron chi connectivity index (χ2n) is 0.899. The van der Waals surface area contributed by atoms with Crippen LogP contribution < -0.4 is 10.5 Å². The second-order valence-corrected chi connectivity index (χ2v) is 1.97. The normalized spacial score (nSPS) is 7.12. The van der Waals surface area contributed by atoms with E-state index in [-0.39, 0.29) is 17.0 Å². The average Bonchev–Trinajstić information content (AvgIpc) is 1.61. The summed E-state index contributed by atoms with van der Waals surface area (Å²) in [5, 5.41) is 0. The van der Waals surface area contributed by atoms with Crippen LogP contribution in [0.25, 0.3) is 0 Å². The average molecular weight is 201 g/mol. The van der Waals surface area contributed by atoms with Gasteiger partial charge < -0.3 is 5.73 Å². The van der Waals surface area contributed by atoms with Crippen LogP contribution in [-0.2, 0) is 0 Å². The molecule has 3 nitrogen and oxygen atoms in total. The van der Waals surface area contributed by atoms with Crippen LogP contribution in [0.4, 0.5) is 4.79 Å². The number of nitrogens with two attached hydrogens (primary N) is 1. The molecule has 0 unspecified atom stereocenters. The third-order valence-corrected chi connectivity index (χ3v) is 0.951. The van der Waals surface area contributed by atoms with Gasteiger partial charge in [0, 0.05) is 5.75 Å². The Morgan fingerprint density at radius 1 is 1.88 bits per heavy atom. The largest absolute Gasteiger partial charge is 0.351 e. The van der Waals surface area contributed by atoms with E-state index in [0.29, 0.717) is 0 Å². The number of amides is 2. The summed E-state index contributed by atoms with van der Waals surface area (Å²) in [5.41, 5.74) is 4.71. The molecule has 0 aliphatic rings. The van der Waals surface area contributed by atoms with E-state index < -0.39 is 6.03 Å². The summed E-state index contributed by atoms with van der Waals surface area (Å²) < 4.78 is 2.35. The molecule has 0 radical (unpaired) electrons. The molecule has 0 heterocycles. The van der Waals surface area contributed by atoms with Crippen LogP contribution >= 0.6 is 28.9 Å². The first-order valence-electron chi connectivity index (χ1n) is 1.94. The zero-order valence-electron chi connectivity index (χ0n) is 4.51. The molecular formula is C3H9BrN2OS. The lowest BCUT2D eigenvalue weighted by atomic mass is 11.0. The highest BCUT2D eigenvalue weighted by molar-refractivity contribution is 8.93. The number of carbonyl (C=O) groups is 1. The summed E-state index contributed by atoms with van der Waals surface area (Å²) in [4.78, 5) is 9.85. The quantitative estimate of drug-likeness (QED) is 0.652. The molecule has 0 bridgehead atoms. The van der Waals surface area contributed by atoms with Crippen LogP contribution in [0.1, 0.15) is 6.92 Å². The highest BCUT2D eigenvalue weighted by Gasteiger charge is 1.84. The molecule has 0 fully saturated rings. The summed E-state index contributed by atoms with van der Waals surface area (Å²) in [6.07, 6.45) is 0. The van der Waals surface area contributed by atoms with Crippen molar-refractivity contribution < 1.29 is 4.79 Å². The fourth-order valence-electron chi connectivity index (χ4n) is 0.143. The van der Waals surface area contributed by atoms with E-state index in [9.17, 15) is 4.79 Å². The topological polar surface area (TPSA) is 55.1 Å². The van der Waals surface area contributed by atoms with E-state index in [1.54, 1.807) is 0 Å². The van der Waals surface area contributed by atoms with Crippen molar-refractivity contribution in [3.05, 3.63) is 0 Å². The predicted octanol–water partition coefficient (Wildman–Crippen LogP) is 0.901. The van der Waals surface area contributed by atoms with Crippen molar-refractivity contribution >= 4 is 35.0 Å². The lowest BCUT2D eigenvalue weighted by Crippen LogP contribution is -2.22. The Labute approximate surface area is 63.3 Å². The van der Waals surface area contributed by atoms with E-state index in [2.05, 4.69) is 4.72 Å². The fraction of sp³-hybridized carbons (Fsp3) is 0.667. The van der Waals surface area contributed by atoms with Gasteiger partial charge in [0.25, 0.3) is 0 Å². The number of carbonyl (C=O) groups excluding carboxylic acids is 1. The Hall–Kier alpha value is 0.1000. The Morgan fingerprint density at radius 2 is 2.38 bits per heavy atom. The zero-order chi connectivity index (χ0) is 5.70. The minimum atomic E-state index is -0.480. The molecule has 0 aromatic rings. The van der Waals surface area contributed by atoms with Crippen molar-refractivity contribution in [3.8, 4) is 0 Å². The van der Waals surface area contributed by atoms with E-state index >= 15 is 0 Å². The lowest BCUT2D eigenvalue weighted by Gasteiger charge is -1.92. The molecule has 0 aliphatic carbocycles. The molecule has 2 amide bonds. The number of rotatable bonds is 2. The molecule has 0 saturated heterocycles. The molecule has 8 heavy (non-hydrogen) atoms. The van der Waals surface area contributed by atoms with Gasteiger partial charge in [0.05, 0.1) is 0 Å². The highest BCUT2D eigenvalue weighted by Crippen LogP contribution is 1.86. The molecule has 0 aliphatic heterocycles. The van der Waals surface area contributed by atoms with Gasteiger partial charge >= 0.3 is 6.03 Å². The summed E-state index contributed by atoms with van der Waals surface area (Å²) in [7, 11) is 0. The first-order valence-corrected chi connectivity index (χ1v) is 2.93. The van der Waals surface area contributed by atoms with Crippen molar-refractivity contribution in [2.24, 2.45) is 5.73 Å². The number of urea groups is 1. The maximum Gasteiger partial charge on any atom is 0.322 e. The smallest absolute Gasteiger partial charge is 0.322 e. The van der Waals surface area contributed by atoms with Gasteiger partial charge in [-0.25, -0.2) is 4.79 Å². The number of hydrogen-bond acceptors (Lipinski definition) is 2. The number of halogens is 1.